The van der Waals surface area contributed by atoms with Gasteiger partial charge in [-0.1, -0.05) is 13.3 Å². The van der Waals surface area contributed by atoms with Crippen molar-refractivity contribution in [1.82, 2.24) is 4.90 Å². The SMILES string of the molecule is C[C@H]1C[C@H](N2CCCCC2)C1. The molecule has 1 heterocycles. The van der Waals surface area contributed by atoms with E-state index in [1.807, 2.05) is 0 Å². The summed E-state index contributed by atoms with van der Waals surface area (Å²) >= 11 is 0. The van der Waals surface area contributed by atoms with E-state index in [9.17, 15) is 0 Å². The van der Waals surface area contributed by atoms with Gasteiger partial charge >= 0.3 is 0 Å². The molecule has 0 radical (unpaired) electrons. The maximum absolute atomic E-state index is 2.71. The molecule has 1 saturated heterocycles. The number of nitrogens with zero attached hydrogens (tertiary/aromatic N) is 1. The van der Waals surface area contributed by atoms with Crippen molar-refractivity contribution in [2.24, 2.45) is 5.92 Å². The van der Waals surface area contributed by atoms with Crippen LogP contribution in [0.3, 0.4) is 0 Å². The minimum atomic E-state index is 0.977. The number of piperidine rings is 1. The lowest BCUT2D eigenvalue weighted by atomic mass is 9.80. The first-order valence-electron chi connectivity index (χ1n) is 5.10. The van der Waals surface area contributed by atoms with E-state index in [2.05, 4.69) is 11.8 Å². The average molecular weight is 153 g/mol. The van der Waals surface area contributed by atoms with E-state index in [1.54, 1.807) is 0 Å². The highest BCUT2D eigenvalue weighted by Gasteiger charge is 2.30. The fraction of sp³-hybridized carbons (Fsp3) is 1.00. The molecule has 0 unspecified atom stereocenters. The summed E-state index contributed by atoms with van der Waals surface area (Å²) in [5.74, 6) is 1.02. The molecule has 1 aliphatic heterocycles. The molecular formula is C10H19N. The second-order valence-corrected chi connectivity index (χ2v) is 4.33. The second kappa shape index (κ2) is 3.14. The van der Waals surface area contributed by atoms with Crippen molar-refractivity contribution >= 4 is 0 Å². The van der Waals surface area contributed by atoms with Crippen LogP contribution < -0.4 is 0 Å². The molecule has 0 amide bonds. The Morgan fingerprint density at radius 3 is 2.18 bits per heavy atom. The van der Waals surface area contributed by atoms with E-state index >= 15 is 0 Å². The van der Waals surface area contributed by atoms with Crippen molar-refractivity contribution in [3.63, 3.8) is 0 Å². The van der Waals surface area contributed by atoms with Crippen LogP contribution in [-0.2, 0) is 0 Å². The predicted octanol–water partition coefficient (Wildman–Crippen LogP) is 2.27. The molecule has 0 bridgehead atoms. The molecule has 2 rings (SSSR count). The van der Waals surface area contributed by atoms with Crippen molar-refractivity contribution in [2.45, 2.75) is 45.1 Å². The fourth-order valence-electron chi connectivity index (χ4n) is 2.44. The molecule has 2 fully saturated rings. The summed E-state index contributed by atoms with van der Waals surface area (Å²) in [7, 11) is 0. The molecule has 1 nitrogen and oxygen atoms in total. The van der Waals surface area contributed by atoms with Gasteiger partial charge < -0.3 is 4.90 Å². The highest BCUT2D eigenvalue weighted by Crippen LogP contribution is 2.32. The first-order valence-corrected chi connectivity index (χ1v) is 5.10. The maximum atomic E-state index is 2.71. The Bertz CT molecular complexity index is 121. The molecule has 0 atom stereocenters. The van der Waals surface area contributed by atoms with E-state index in [4.69, 9.17) is 0 Å². The molecule has 1 aliphatic carbocycles. The van der Waals surface area contributed by atoms with Gasteiger partial charge in [0.25, 0.3) is 0 Å². The topological polar surface area (TPSA) is 3.24 Å². The van der Waals surface area contributed by atoms with Crippen molar-refractivity contribution in [3.8, 4) is 0 Å². The maximum Gasteiger partial charge on any atom is 0.0100 e. The molecule has 0 aromatic heterocycles. The predicted molar refractivity (Wildman–Crippen MR) is 47.6 cm³/mol. The summed E-state index contributed by atoms with van der Waals surface area (Å²) in [6.45, 7) is 5.15. The van der Waals surface area contributed by atoms with Crippen LogP contribution in [-0.4, -0.2) is 24.0 Å². The van der Waals surface area contributed by atoms with Gasteiger partial charge in [-0.05, 0) is 44.7 Å². The summed E-state index contributed by atoms with van der Waals surface area (Å²) in [5, 5.41) is 0. The molecule has 0 aromatic rings. The summed E-state index contributed by atoms with van der Waals surface area (Å²) in [6.07, 6.45) is 7.31. The van der Waals surface area contributed by atoms with Crippen molar-refractivity contribution in [1.29, 1.82) is 0 Å². The Hall–Kier alpha value is -0.0400. The summed E-state index contributed by atoms with van der Waals surface area (Å²) in [4.78, 5) is 2.71. The van der Waals surface area contributed by atoms with E-state index < -0.39 is 0 Å². The van der Waals surface area contributed by atoms with Crippen LogP contribution in [0.2, 0.25) is 0 Å². The Balaban J connectivity index is 1.76. The van der Waals surface area contributed by atoms with Gasteiger partial charge in [-0.25, -0.2) is 0 Å². The van der Waals surface area contributed by atoms with Crippen LogP contribution >= 0.6 is 0 Å². The van der Waals surface area contributed by atoms with Gasteiger partial charge in [-0.3, -0.25) is 0 Å². The molecule has 1 heteroatoms. The van der Waals surface area contributed by atoms with Crippen LogP contribution in [0.25, 0.3) is 0 Å². The van der Waals surface area contributed by atoms with E-state index in [-0.39, 0.29) is 0 Å². The van der Waals surface area contributed by atoms with Crippen molar-refractivity contribution in [2.75, 3.05) is 13.1 Å². The lowest BCUT2D eigenvalue weighted by Gasteiger charge is -2.43. The van der Waals surface area contributed by atoms with Gasteiger partial charge in [-0.2, -0.15) is 0 Å². The zero-order valence-corrected chi connectivity index (χ0v) is 7.55. The van der Waals surface area contributed by atoms with Gasteiger partial charge in [0.2, 0.25) is 0 Å². The number of hydrogen-bond acceptors (Lipinski definition) is 1. The highest BCUT2D eigenvalue weighted by atomic mass is 15.2. The molecule has 0 spiro atoms. The Labute approximate surface area is 69.8 Å². The van der Waals surface area contributed by atoms with E-state index in [1.165, 1.54) is 45.2 Å². The molecule has 0 aromatic carbocycles. The third-order valence-corrected chi connectivity index (χ3v) is 3.26. The molecule has 64 valence electrons. The third-order valence-electron chi connectivity index (χ3n) is 3.26. The normalized spacial score (nSPS) is 40.1. The average Bonchev–Trinajstić information content (AvgIpc) is 2.01. The molecular weight excluding hydrogens is 134 g/mol. The van der Waals surface area contributed by atoms with Gasteiger partial charge in [0.15, 0.2) is 0 Å². The zero-order chi connectivity index (χ0) is 7.68. The Morgan fingerprint density at radius 2 is 1.64 bits per heavy atom. The molecule has 0 N–H and O–H groups in total. The van der Waals surface area contributed by atoms with Crippen LogP contribution in [0, 0.1) is 5.92 Å². The van der Waals surface area contributed by atoms with Crippen LogP contribution in [0.1, 0.15) is 39.0 Å². The summed E-state index contributed by atoms with van der Waals surface area (Å²) in [5.41, 5.74) is 0. The standard InChI is InChI=1S/C10H19N/c1-9-7-10(8-9)11-5-3-2-4-6-11/h9-10H,2-8H2,1H3/t9-,10-. The monoisotopic (exact) mass is 153 g/mol. The minimum Gasteiger partial charge on any atom is -0.300 e. The van der Waals surface area contributed by atoms with Crippen molar-refractivity contribution < 1.29 is 0 Å². The number of rotatable bonds is 1. The van der Waals surface area contributed by atoms with Gasteiger partial charge in [0, 0.05) is 6.04 Å². The molecule has 1 saturated carbocycles. The van der Waals surface area contributed by atoms with Crippen LogP contribution in [0.15, 0.2) is 0 Å². The Kier molecular flexibility index (Phi) is 2.17. The second-order valence-electron chi connectivity index (χ2n) is 4.33. The minimum absolute atomic E-state index is 0.977. The van der Waals surface area contributed by atoms with Gasteiger partial charge in [0.05, 0.1) is 0 Å². The Morgan fingerprint density at radius 1 is 1.00 bits per heavy atom. The quantitative estimate of drug-likeness (QED) is 0.558. The summed E-state index contributed by atoms with van der Waals surface area (Å²) < 4.78 is 0. The van der Waals surface area contributed by atoms with Gasteiger partial charge in [-0.15, -0.1) is 0 Å². The van der Waals surface area contributed by atoms with Crippen molar-refractivity contribution in [3.05, 3.63) is 0 Å². The zero-order valence-electron chi connectivity index (χ0n) is 7.55. The van der Waals surface area contributed by atoms with Gasteiger partial charge in [0.1, 0.15) is 0 Å². The van der Waals surface area contributed by atoms with Crippen LogP contribution in [0.4, 0.5) is 0 Å². The lowest BCUT2D eigenvalue weighted by Crippen LogP contribution is -2.46. The lowest BCUT2D eigenvalue weighted by molar-refractivity contribution is 0.0694. The number of likely N-dealkylation sites (tertiary alicyclic amines) is 1. The smallest absolute Gasteiger partial charge is 0.0100 e. The highest BCUT2D eigenvalue weighted by molar-refractivity contribution is 4.85. The summed E-state index contributed by atoms with van der Waals surface area (Å²) in [6, 6.07) is 0.977. The third kappa shape index (κ3) is 1.58. The van der Waals surface area contributed by atoms with E-state index in [0.717, 1.165) is 12.0 Å². The fourth-order valence-corrected chi connectivity index (χ4v) is 2.44. The largest absolute Gasteiger partial charge is 0.300 e. The molecule has 2 aliphatic rings. The molecule has 11 heavy (non-hydrogen) atoms. The van der Waals surface area contributed by atoms with Crippen LogP contribution in [0.5, 0.6) is 0 Å². The van der Waals surface area contributed by atoms with E-state index in [0.29, 0.717) is 0 Å². The first kappa shape index (κ1) is 7.60. The number of hydrogen-bond donors (Lipinski definition) is 0. The first-order chi connectivity index (χ1) is 5.36.